The quantitative estimate of drug-likeness (QED) is 0.764. The van der Waals surface area contributed by atoms with Gasteiger partial charge in [0.05, 0.1) is 11.0 Å². The number of nitriles is 1. The molecule has 1 saturated carbocycles. The predicted octanol–water partition coefficient (Wildman–Crippen LogP) is 1.76. The Labute approximate surface area is 89.3 Å². The number of benzene rings is 1. The van der Waals surface area contributed by atoms with E-state index in [4.69, 9.17) is 5.26 Å². The molecule has 1 aromatic carbocycles. The summed E-state index contributed by atoms with van der Waals surface area (Å²) in [5.41, 5.74) is 0. The maximum Gasteiger partial charge on any atom is 0.197 e. The van der Waals surface area contributed by atoms with E-state index in [1.54, 1.807) is 37.3 Å². The lowest BCUT2D eigenvalue weighted by Gasteiger charge is -2.08. The predicted molar refractivity (Wildman–Crippen MR) is 55.8 cm³/mol. The van der Waals surface area contributed by atoms with Crippen LogP contribution in [0.2, 0.25) is 0 Å². The first-order valence-corrected chi connectivity index (χ1v) is 6.24. The van der Waals surface area contributed by atoms with Crippen LogP contribution in [0.1, 0.15) is 13.3 Å². The second kappa shape index (κ2) is 3.07. The first-order valence-electron chi connectivity index (χ1n) is 4.75. The van der Waals surface area contributed by atoms with Gasteiger partial charge >= 0.3 is 0 Å². The Morgan fingerprint density at radius 1 is 1.40 bits per heavy atom. The molecule has 0 radical (unpaired) electrons. The maximum absolute atomic E-state index is 12.1. The summed E-state index contributed by atoms with van der Waals surface area (Å²) in [6.07, 6.45) is 0.445. The molecule has 0 bridgehead atoms. The third-order valence-electron chi connectivity index (χ3n) is 2.97. The van der Waals surface area contributed by atoms with E-state index in [1.807, 2.05) is 6.07 Å². The summed E-state index contributed by atoms with van der Waals surface area (Å²) in [4.78, 5) is 0.246. The Balaban J connectivity index is 2.52. The topological polar surface area (TPSA) is 57.9 Å². The lowest BCUT2D eigenvalue weighted by molar-refractivity contribution is 0.584. The highest BCUT2D eigenvalue weighted by atomic mass is 32.2. The maximum atomic E-state index is 12.1. The van der Waals surface area contributed by atoms with Gasteiger partial charge in [-0.15, -0.1) is 0 Å². The Bertz CT molecular complexity index is 515. The van der Waals surface area contributed by atoms with Gasteiger partial charge in [0.25, 0.3) is 0 Å². The largest absolute Gasteiger partial charge is 0.222 e. The second-order valence-corrected chi connectivity index (χ2v) is 6.13. The molecule has 0 aliphatic heterocycles. The molecule has 4 heteroatoms. The van der Waals surface area contributed by atoms with Crippen LogP contribution in [0.4, 0.5) is 0 Å². The SMILES string of the molecule is CC1CC1(C#N)S(=O)(=O)c1ccccc1. The molecule has 0 spiro atoms. The monoisotopic (exact) mass is 221 g/mol. The summed E-state index contributed by atoms with van der Waals surface area (Å²) in [6.45, 7) is 1.80. The zero-order valence-corrected chi connectivity index (χ0v) is 9.16. The summed E-state index contributed by atoms with van der Waals surface area (Å²) in [6, 6.07) is 10.1. The van der Waals surface area contributed by atoms with E-state index in [2.05, 4.69) is 0 Å². The Kier molecular flexibility index (Phi) is 2.09. The van der Waals surface area contributed by atoms with Gasteiger partial charge in [-0.05, 0) is 24.5 Å². The van der Waals surface area contributed by atoms with Crippen molar-refractivity contribution in [2.24, 2.45) is 5.92 Å². The van der Waals surface area contributed by atoms with Gasteiger partial charge < -0.3 is 0 Å². The van der Waals surface area contributed by atoms with Crippen LogP contribution in [-0.4, -0.2) is 13.2 Å². The third kappa shape index (κ3) is 1.27. The number of rotatable bonds is 2. The standard InChI is InChI=1S/C11H11NO2S/c1-9-7-11(9,8-12)15(13,14)10-5-3-2-4-6-10/h2-6,9H,7H2,1H3. The van der Waals surface area contributed by atoms with E-state index in [9.17, 15) is 8.42 Å². The number of nitrogens with zero attached hydrogens (tertiary/aromatic N) is 1. The van der Waals surface area contributed by atoms with Crippen LogP contribution >= 0.6 is 0 Å². The molecule has 78 valence electrons. The highest BCUT2D eigenvalue weighted by molar-refractivity contribution is 7.93. The molecule has 1 aliphatic rings. The summed E-state index contributed by atoms with van der Waals surface area (Å²) in [5.74, 6) is -0.0623. The smallest absolute Gasteiger partial charge is 0.197 e. The Hall–Kier alpha value is -1.34. The van der Waals surface area contributed by atoms with Crippen LogP contribution in [-0.2, 0) is 9.84 Å². The molecule has 2 unspecified atom stereocenters. The van der Waals surface area contributed by atoms with Crippen molar-refractivity contribution in [2.75, 3.05) is 0 Å². The molecule has 0 heterocycles. The van der Waals surface area contributed by atoms with Gasteiger partial charge in [0, 0.05) is 0 Å². The van der Waals surface area contributed by atoms with Gasteiger partial charge in [-0.1, -0.05) is 25.1 Å². The van der Waals surface area contributed by atoms with Gasteiger partial charge in [0.2, 0.25) is 0 Å². The van der Waals surface area contributed by atoms with Crippen LogP contribution in [0.25, 0.3) is 0 Å². The molecular weight excluding hydrogens is 210 g/mol. The summed E-state index contributed by atoms with van der Waals surface area (Å²) in [5, 5.41) is 8.99. The van der Waals surface area contributed by atoms with Crippen molar-refractivity contribution < 1.29 is 8.42 Å². The molecule has 1 aromatic rings. The zero-order valence-electron chi connectivity index (χ0n) is 8.34. The average molecular weight is 221 g/mol. The fourth-order valence-corrected chi connectivity index (χ4v) is 3.85. The van der Waals surface area contributed by atoms with Crippen molar-refractivity contribution in [3.8, 4) is 6.07 Å². The minimum absolute atomic E-state index is 0.0623. The van der Waals surface area contributed by atoms with Crippen LogP contribution in [0.3, 0.4) is 0 Å². The molecule has 15 heavy (non-hydrogen) atoms. The van der Waals surface area contributed by atoms with Crippen LogP contribution < -0.4 is 0 Å². The van der Waals surface area contributed by atoms with Crippen molar-refractivity contribution in [2.45, 2.75) is 23.0 Å². The average Bonchev–Trinajstić information content (AvgIpc) is 2.93. The van der Waals surface area contributed by atoms with Crippen molar-refractivity contribution in [1.29, 1.82) is 5.26 Å². The zero-order chi connectivity index (χ0) is 11.1. The van der Waals surface area contributed by atoms with Crippen molar-refractivity contribution >= 4 is 9.84 Å². The second-order valence-electron chi connectivity index (χ2n) is 3.92. The minimum Gasteiger partial charge on any atom is -0.222 e. The van der Waals surface area contributed by atoms with Gasteiger partial charge in [-0.25, -0.2) is 8.42 Å². The molecular formula is C11H11NO2S. The van der Waals surface area contributed by atoms with Gasteiger partial charge in [0.15, 0.2) is 14.6 Å². The van der Waals surface area contributed by atoms with E-state index in [0.717, 1.165) is 0 Å². The van der Waals surface area contributed by atoms with Crippen molar-refractivity contribution in [3.05, 3.63) is 30.3 Å². The fourth-order valence-electron chi connectivity index (χ4n) is 1.80. The minimum atomic E-state index is -3.49. The van der Waals surface area contributed by atoms with Crippen LogP contribution in [0.5, 0.6) is 0 Å². The summed E-state index contributed by atoms with van der Waals surface area (Å²) in [7, 11) is -3.49. The molecule has 0 amide bonds. The van der Waals surface area contributed by atoms with E-state index in [-0.39, 0.29) is 10.8 Å². The molecule has 0 aromatic heterocycles. The Morgan fingerprint density at radius 3 is 2.33 bits per heavy atom. The molecule has 0 saturated heterocycles. The van der Waals surface area contributed by atoms with Gasteiger partial charge in [-0.2, -0.15) is 5.26 Å². The highest BCUT2D eigenvalue weighted by Gasteiger charge is 2.62. The van der Waals surface area contributed by atoms with E-state index in [1.165, 1.54) is 0 Å². The van der Waals surface area contributed by atoms with E-state index < -0.39 is 14.6 Å². The molecule has 1 aliphatic carbocycles. The summed E-state index contributed by atoms with van der Waals surface area (Å²) < 4.78 is 23.1. The highest BCUT2D eigenvalue weighted by Crippen LogP contribution is 2.51. The van der Waals surface area contributed by atoms with E-state index in [0.29, 0.717) is 6.42 Å². The van der Waals surface area contributed by atoms with Crippen LogP contribution in [0, 0.1) is 17.2 Å². The fraction of sp³-hybridized carbons (Fsp3) is 0.364. The third-order valence-corrected chi connectivity index (χ3v) is 5.48. The lowest BCUT2D eigenvalue weighted by Crippen LogP contribution is -2.23. The molecule has 2 rings (SSSR count). The van der Waals surface area contributed by atoms with Gasteiger partial charge in [0.1, 0.15) is 0 Å². The van der Waals surface area contributed by atoms with E-state index >= 15 is 0 Å². The number of hydrogen-bond donors (Lipinski definition) is 0. The van der Waals surface area contributed by atoms with Crippen LogP contribution in [0.15, 0.2) is 35.2 Å². The van der Waals surface area contributed by atoms with Crippen molar-refractivity contribution in [1.82, 2.24) is 0 Å². The van der Waals surface area contributed by atoms with Crippen molar-refractivity contribution in [3.63, 3.8) is 0 Å². The first-order chi connectivity index (χ1) is 7.04. The number of hydrogen-bond acceptors (Lipinski definition) is 3. The number of sulfone groups is 1. The van der Waals surface area contributed by atoms with Gasteiger partial charge in [-0.3, -0.25) is 0 Å². The molecule has 1 fully saturated rings. The molecule has 2 atom stereocenters. The summed E-state index contributed by atoms with van der Waals surface area (Å²) >= 11 is 0. The molecule has 3 nitrogen and oxygen atoms in total. The normalized spacial score (nSPS) is 29.5. The molecule has 0 N–H and O–H groups in total. The Morgan fingerprint density at radius 2 is 1.93 bits per heavy atom. The first kappa shape index (κ1) is 10.2. The lowest BCUT2D eigenvalue weighted by atomic mass is 10.4.